The van der Waals surface area contributed by atoms with Gasteiger partial charge < -0.3 is 19.4 Å². The molecule has 0 fully saturated rings. The van der Waals surface area contributed by atoms with Crippen LogP contribution in [0.5, 0.6) is 5.75 Å². The summed E-state index contributed by atoms with van der Waals surface area (Å²) in [6.45, 7) is 5.69. The van der Waals surface area contributed by atoms with Gasteiger partial charge in [0, 0.05) is 5.54 Å². The summed E-state index contributed by atoms with van der Waals surface area (Å²) in [7, 11) is 1.56. The lowest BCUT2D eigenvalue weighted by Crippen LogP contribution is -2.49. The highest BCUT2D eigenvalue weighted by atomic mass is 16.5. The number of methoxy groups -OCH3 is 1. The van der Waals surface area contributed by atoms with E-state index in [1.54, 1.807) is 43.7 Å². The van der Waals surface area contributed by atoms with Crippen molar-refractivity contribution in [3.05, 3.63) is 78.3 Å². The van der Waals surface area contributed by atoms with Gasteiger partial charge in [-0.15, -0.1) is 5.10 Å². The number of furan rings is 1. The molecule has 2 heterocycles. The third-order valence-electron chi connectivity index (χ3n) is 5.40. The van der Waals surface area contributed by atoms with Crippen LogP contribution in [0.1, 0.15) is 38.1 Å². The van der Waals surface area contributed by atoms with E-state index in [9.17, 15) is 9.59 Å². The number of rotatable bonds is 8. The molecule has 0 unspecified atom stereocenters. The third-order valence-corrected chi connectivity index (χ3v) is 5.40. The zero-order valence-electron chi connectivity index (χ0n) is 20.3. The lowest BCUT2D eigenvalue weighted by molar-refractivity contribution is -0.143. The van der Waals surface area contributed by atoms with E-state index in [0.717, 1.165) is 5.52 Å². The molecule has 0 bridgehead atoms. The predicted octanol–water partition coefficient (Wildman–Crippen LogP) is 3.72. The Morgan fingerprint density at radius 3 is 2.63 bits per heavy atom. The Labute approximate surface area is 203 Å². The molecule has 2 aromatic heterocycles. The first-order valence-corrected chi connectivity index (χ1v) is 11.3. The van der Waals surface area contributed by atoms with Crippen LogP contribution in [0.15, 0.2) is 71.3 Å². The van der Waals surface area contributed by atoms with Gasteiger partial charge in [-0.2, -0.15) is 0 Å². The Morgan fingerprint density at radius 1 is 1.11 bits per heavy atom. The molecule has 1 atom stereocenters. The first kappa shape index (κ1) is 24.0. The van der Waals surface area contributed by atoms with Crippen molar-refractivity contribution in [2.75, 3.05) is 7.11 Å². The monoisotopic (exact) mass is 475 g/mol. The molecular formula is C26H29N5O4. The van der Waals surface area contributed by atoms with Crippen molar-refractivity contribution in [3.8, 4) is 5.75 Å². The number of amides is 2. The van der Waals surface area contributed by atoms with Crippen LogP contribution in [0.4, 0.5) is 0 Å². The smallest absolute Gasteiger partial charge is 0.247 e. The van der Waals surface area contributed by atoms with E-state index in [2.05, 4.69) is 15.6 Å². The van der Waals surface area contributed by atoms with Gasteiger partial charge in [-0.1, -0.05) is 29.5 Å². The summed E-state index contributed by atoms with van der Waals surface area (Å²) in [6, 6.07) is 17.2. The van der Waals surface area contributed by atoms with Gasteiger partial charge in [0.25, 0.3) is 0 Å². The zero-order valence-corrected chi connectivity index (χ0v) is 20.3. The summed E-state index contributed by atoms with van der Waals surface area (Å²) in [5.41, 5.74) is 1.54. The van der Waals surface area contributed by atoms with Gasteiger partial charge in [-0.05, 0) is 62.7 Å². The molecule has 35 heavy (non-hydrogen) atoms. The van der Waals surface area contributed by atoms with E-state index >= 15 is 0 Å². The number of hydrogen-bond acceptors (Lipinski definition) is 6. The minimum absolute atomic E-state index is 0.0928. The number of hydrogen-bond donors (Lipinski definition) is 1. The Bertz CT molecular complexity index is 1310. The van der Waals surface area contributed by atoms with Crippen LogP contribution < -0.4 is 10.1 Å². The van der Waals surface area contributed by atoms with Gasteiger partial charge in [-0.3, -0.25) is 9.59 Å². The van der Waals surface area contributed by atoms with Crippen molar-refractivity contribution in [1.82, 2.24) is 25.2 Å². The second-order valence-corrected chi connectivity index (χ2v) is 9.26. The van der Waals surface area contributed by atoms with Crippen molar-refractivity contribution in [2.24, 2.45) is 0 Å². The van der Waals surface area contributed by atoms with Crippen molar-refractivity contribution >= 4 is 22.8 Å². The Hall–Kier alpha value is -4.14. The number of carbonyl (C=O) groups is 2. The quantitative estimate of drug-likeness (QED) is 0.417. The number of ether oxygens (including phenoxy) is 1. The maximum atomic E-state index is 13.8. The molecule has 0 spiro atoms. The topological polar surface area (TPSA) is 102 Å². The number of nitrogens with zero attached hydrogens (tertiary/aromatic N) is 4. The summed E-state index contributed by atoms with van der Waals surface area (Å²) in [6.07, 6.45) is 1.54. The summed E-state index contributed by atoms with van der Waals surface area (Å²) < 4.78 is 12.5. The van der Waals surface area contributed by atoms with Crippen molar-refractivity contribution in [1.29, 1.82) is 0 Å². The first-order valence-electron chi connectivity index (χ1n) is 11.3. The molecule has 2 amide bonds. The fraction of sp³-hybridized carbons (Fsp3) is 0.308. The first-order chi connectivity index (χ1) is 16.7. The lowest BCUT2D eigenvalue weighted by atomic mass is 10.0. The molecule has 9 heteroatoms. The third kappa shape index (κ3) is 5.68. The summed E-state index contributed by atoms with van der Waals surface area (Å²) >= 11 is 0. The van der Waals surface area contributed by atoms with Crippen LogP contribution in [-0.2, 0) is 22.7 Å². The van der Waals surface area contributed by atoms with Gasteiger partial charge in [0.1, 0.15) is 29.6 Å². The molecule has 2 aromatic carbocycles. The van der Waals surface area contributed by atoms with Crippen LogP contribution in [0.3, 0.4) is 0 Å². The lowest BCUT2D eigenvalue weighted by Gasteiger charge is -2.33. The van der Waals surface area contributed by atoms with Gasteiger partial charge in [0.05, 0.1) is 25.4 Å². The number of fused-ring (bicyclic) bond motifs is 1. The van der Waals surface area contributed by atoms with Crippen LogP contribution in [0.2, 0.25) is 0 Å². The molecule has 0 saturated carbocycles. The fourth-order valence-corrected chi connectivity index (χ4v) is 3.87. The Morgan fingerprint density at radius 2 is 1.91 bits per heavy atom. The predicted molar refractivity (Wildman–Crippen MR) is 130 cm³/mol. The number of aromatic nitrogens is 3. The van der Waals surface area contributed by atoms with Gasteiger partial charge in [-0.25, -0.2) is 4.68 Å². The molecule has 4 rings (SSSR count). The number of carbonyl (C=O) groups excluding carboxylic acids is 2. The molecule has 0 saturated heterocycles. The molecule has 4 aromatic rings. The highest BCUT2D eigenvalue weighted by molar-refractivity contribution is 5.89. The van der Waals surface area contributed by atoms with E-state index in [0.29, 0.717) is 22.6 Å². The van der Waals surface area contributed by atoms with Crippen molar-refractivity contribution < 1.29 is 18.7 Å². The van der Waals surface area contributed by atoms with Gasteiger partial charge >= 0.3 is 0 Å². The van der Waals surface area contributed by atoms with E-state index in [4.69, 9.17) is 9.15 Å². The van der Waals surface area contributed by atoms with E-state index in [-0.39, 0.29) is 24.9 Å². The zero-order chi connectivity index (χ0) is 25.0. The van der Waals surface area contributed by atoms with Crippen molar-refractivity contribution in [2.45, 2.75) is 45.4 Å². The second kappa shape index (κ2) is 10.0. The fourth-order valence-electron chi connectivity index (χ4n) is 3.87. The summed E-state index contributed by atoms with van der Waals surface area (Å²) in [4.78, 5) is 28.9. The molecule has 9 nitrogen and oxygen atoms in total. The average molecular weight is 476 g/mol. The van der Waals surface area contributed by atoms with E-state index in [1.165, 1.54) is 9.58 Å². The Kier molecular flexibility index (Phi) is 6.86. The highest BCUT2D eigenvalue weighted by Gasteiger charge is 2.34. The largest absolute Gasteiger partial charge is 0.497 e. The van der Waals surface area contributed by atoms with E-state index in [1.807, 2.05) is 51.1 Å². The standard InChI is InChI=1S/C26H29N5O4/c1-26(2,3)27-25(33)24(18-9-7-10-19(15-18)34-4)30(16-20-11-8-14-35-20)23(32)17-31-22-13-6-5-12-21(22)28-29-31/h5-15,24H,16-17H2,1-4H3,(H,27,33)/t24-/m0/s1. The second-order valence-electron chi connectivity index (χ2n) is 9.26. The minimum atomic E-state index is -0.934. The van der Waals surface area contributed by atoms with Gasteiger partial charge in [0.2, 0.25) is 11.8 Å². The normalized spacial score (nSPS) is 12.3. The van der Waals surface area contributed by atoms with Gasteiger partial charge in [0.15, 0.2) is 0 Å². The van der Waals surface area contributed by atoms with Crippen molar-refractivity contribution in [3.63, 3.8) is 0 Å². The number of para-hydroxylation sites is 1. The summed E-state index contributed by atoms with van der Waals surface area (Å²) in [5.74, 6) is 0.519. The molecule has 1 N–H and O–H groups in total. The molecule has 182 valence electrons. The number of nitrogens with one attached hydrogen (secondary N) is 1. The van der Waals surface area contributed by atoms with Crippen LogP contribution in [-0.4, -0.2) is 44.4 Å². The van der Waals surface area contributed by atoms with Crippen LogP contribution >= 0.6 is 0 Å². The molecule has 0 radical (unpaired) electrons. The van der Waals surface area contributed by atoms with Crippen LogP contribution in [0, 0.1) is 0 Å². The molecule has 0 aliphatic rings. The van der Waals surface area contributed by atoms with Crippen LogP contribution in [0.25, 0.3) is 11.0 Å². The molecule has 0 aliphatic heterocycles. The average Bonchev–Trinajstić information content (AvgIpc) is 3.48. The molecule has 0 aliphatic carbocycles. The maximum Gasteiger partial charge on any atom is 0.247 e. The highest BCUT2D eigenvalue weighted by Crippen LogP contribution is 2.28. The Balaban J connectivity index is 1.76. The summed E-state index contributed by atoms with van der Waals surface area (Å²) in [5, 5.41) is 11.3. The maximum absolute atomic E-state index is 13.8. The number of benzene rings is 2. The van der Waals surface area contributed by atoms with E-state index < -0.39 is 11.6 Å². The SMILES string of the molecule is COc1cccc([C@@H](C(=O)NC(C)(C)C)N(Cc2ccco2)C(=O)Cn2nnc3ccccc32)c1. The minimum Gasteiger partial charge on any atom is -0.497 e. The molecular weight excluding hydrogens is 446 g/mol.